The smallest absolute Gasteiger partial charge is 0.246 e. The third kappa shape index (κ3) is 4.38. The van der Waals surface area contributed by atoms with Crippen molar-refractivity contribution in [3.8, 4) is 39.2 Å². The van der Waals surface area contributed by atoms with Gasteiger partial charge in [-0.3, -0.25) is 0 Å². The quantitative estimate of drug-likeness (QED) is 0.187. The molecule has 4 aromatic heterocycles. The van der Waals surface area contributed by atoms with Crippen LogP contribution in [0.25, 0.3) is 103 Å². The van der Waals surface area contributed by atoms with Crippen molar-refractivity contribution in [2.45, 2.75) is 0 Å². The number of benzene rings is 7. The second kappa shape index (κ2) is 11.0. The molecule has 0 fully saturated rings. The summed E-state index contributed by atoms with van der Waals surface area (Å²) in [6.07, 6.45) is 1.81. The molecule has 4 heterocycles. The van der Waals surface area contributed by atoms with Gasteiger partial charge in [-0.05, 0) is 70.8 Å². The highest BCUT2D eigenvalue weighted by atomic mass is 32.1. The number of thiophene rings is 1. The number of fused-ring (bicyclic) bond motifs is 9. The minimum absolute atomic E-state index is 0.537. The number of furan rings is 1. The molecule has 11 aromatic rings. The molecule has 0 saturated heterocycles. The van der Waals surface area contributed by atoms with Crippen LogP contribution in [0.4, 0.5) is 0 Å². The molecule has 0 N–H and O–H groups in total. The van der Waals surface area contributed by atoms with Gasteiger partial charge in [0.1, 0.15) is 11.1 Å². The molecule has 7 aromatic carbocycles. The molecule has 0 spiro atoms. The Morgan fingerprint density at radius 3 is 2.06 bits per heavy atom. The molecule has 238 valence electrons. The molecule has 11 rings (SSSR count). The van der Waals surface area contributed by atoms with Crippen LogP contribution in [0.1, 0.15) is 0 Å². The lowest BCUT2D eigenvalue weighted by Crippen LogP contribution is -1.95. The zero-order chi connectivity index (χ0) is 33.5. The Kier molecular flexibility index (Phi) is 6.09. The summed E-state index contributed by atoms with van der Waals surface area (Å²) in [5.74, 6) is 0. The van der Waals surface area contributed by atoms with Crippen molar-refractivity contribution in [3.05, 3.63) is 164 Å². The molecular formula is C46H27N3OS. The molecule has 4 nitrogen and oxygen atoms in total. The Morgan fingerprint density at radius 1 is 0.510 bits per heavy atom. The Bertz CT molecular complexity index is 3110. The minimum Gasteiger partial charge on any atom is -0.436 e. The first-order valence-electron chi connectivity index (χ1n) is 17.1. The number of hydrogen-bond donors (Lipinski definition) is 0. The van der Waals surface area contributed by atoms with Crippen LogP contribution in [-0.2, 0) is 0 Å². The van der Waals surface area contributed by atoms with Gasteiger partial charge in [-0.25, -0.2) is 9.97 Å². The van der Waals surface area contributed by atoms with Crippen LogP contribution in [-0.4, -0.2) is 14.5 Å². The maximum absolute atomic E-state index is 6.21. The van der Waals surface area contributed by atoms with Gasteiger partial charge in [0, 0.05) is 47.6 Å². The standard InChI is InChI=1S/C46H27N3OS/c1-4-19-40-34(14-1)35-15-2-5-20-41(35)49(40)32-13-8-12-31(25-32)39-27-47-46-44(48-39)38-26-29(22-23-42(38)50-46)28-10-7-11-30(24-28)33-17-9-18-37-36-16-3-6-21-43(36)51-45(33)37/h1-27H. The Morgan fingerprint density at radius 2 is 1.20 bits per heavy atom. The van der Waals surface area contributed by atoms with Crippen molar-refractivity contribution in [1.82, 2.24) is 14.5 Å². The van der Waals surface area contributed by atoms with E-state index in [0.29, 0.717) is 5.71 Å². The fourth-order valence-corrected chi connectivity index (χ4v) is 8.94. The number of aromatic nitrogens is 3. The highest BCUT2D eigenvalue weighted by Crippen LogP contribution is 2.41. The Labute approximate surface area is 296 Å². The van der Waals surface area contributed by atoms with E-state index in [9.17, 15) is 0 Å². The van der Waals surface area contributed by atoms with Gasteiger partial charge in [0.25, 0.3) is 0 Å². The van der Waals surface area contributed by atoms with Crippen molar-refractivity contribution in [2.75, 3.05) is 0 Å². The molecule has 0 amide bonds. The monoisotopic (exact) mass is 669 g/mol. The summed E-state index contributed by atoms with van der Waals surface area (Å²) in [5, 5.41) is 6.05. The van der Waals surface area contributed by atoms with Gasteiger partial charge in [0.2, 0.25) is 5.71 Å². The van der Waals surface area contributed by atoms with Crippen molar-refractivity contribution in [2.24, 2.45) is 0 Å². The molecule has 0 saturated carbocycles. The largest absolute Gasteiger partial charge is 0.436 e. The minimum atomic E-state index is 0.537. The van der Waals surface area contributed by atoms with Crippen LogP contribution in [0.2, 0.25) is 0 Å². The van der Waals surface area contributed by atoms with Gasteiger partial charge in [-0.1, -0.05) is 109 Å². The van der Waals surface area contributed by atoms with Crippen LogP contribution in [0.5, 0.6) is 0 Å². The van der Waals surface area contributed by atoms with E-state index >= 15 is 0 Å². The van der Waals surface area contributed by atoms with E-state index in [4.69, 9.17) is 14.4 Å². The fraction of sp³-hybridized carbons (Fsp3) is 0. The molecule has 0 unspecified atom stereocenters. The first-order valence-corrected chi connectivity index (χ1v) is 17.9. The maximum Gasteiger partial charge on any atom is 0.246 e. The van der Waals surface area contributed by atoms with E-state index in [1.54, 1.807) is 0 Å². The van der Waals surface area contributed by atoms with Crippen molar-refractivity contribution in [1.29, 1.82) is 0 Å². The van der Waals surface area contributed by atoms with E-state index in [0.717, 1.165) is 44.6 Å². The first kappa shape index (κ1) is 28.3. The van der Waals surface area contributed by atoms with Crippen LogP contribution < -0.4 is 0 Å². The van der Waals surface area contributed by atoms with Crippen LogP contribution >= 0.6 is 11.3 Å². The molecule has 0 aliphatic rings. The summed E-state index contributed by atoms with van der Waals surface area (Å²) in [5.41, 5.74) is 12.0. The average molecular weight is 670 g/mol. The zero-order valence-electron chi connectivity index (χ0n) is 27.2. The Balaban J connectivity index is 1.01. The third-order valence-corrected chi connectivity index (χ3v) is 11.3. The highest BCUT2D eigenvalue weighted by molar-refractivity contribution is 7.26. The van der Waals surface area contributed by atoms with Crippen molar-refractivity contribution in [3.63, 3.8) is 0 Å². The summed E-state index contributed by atoms with van der Waals surface area (Å²) in [6, 6.07) is 56.2. The summed E-state index contributed by atoms with van der Waals surface area (Å²) >= 11 is 1.86. The van der Waals surface area contributed by atoms with Gasteiger partial charge < -0.3 is 8.98 Å². The van der Waals surface area contributed by atoms with Gasteiger partial charge in [0.05, 0.1) is 22.9 Å². The second-order valence-electron chi connectivity index (χ2n) is 13.0. The van der Waals surface area contributed by atoms with Gasteiger partial charge in [0.15, 0.2) is 0 Å². The number of para-hydroxylation sites is 2. The summed E-state index contributed by atoms with van der Waals surface area (Å²) in [7, 11) is 0. The molecule has 0 aliphatic heterocycles. The molecule has 0 aliphatic carbocycles. The normalized spacial score (nSPS) is 11.9. The molecule has 0 atom stereocenters. The molecule has 0 bridgehead atoms. The lowest BCUT2D eigenvalue weighted by atomic mass is 9.97. The highest BCUT2D eigenvalue weighted by Gasteiger charge is 2.16. The molecule has 5 heteroatoms. The SMILES string of the molecule is c1cc(-c2ccc3oc4ncc(-c5cccc(-n6c7ccccc7c7ccccc76)c5)nc4c3c2)cc(-c2cccc3c2sc2ccccc23)c1. The predicted molar refractivity (Wildman–Crippen MR) is 213 cm³/mol. The molecule has 0 radical (unpaired) electrons. The lowest BCUT2D eigenvalue weighted by molar-refractivity contribution is 0.653. The lowest BCUT2D eigenvalue weighted by Gasteiger charge is -2.10. The fourth-order valence-electron chi connectivity index (χ4n) is 7.70. The maximum atomic E-state index is 6.21. The Hall–Kier alpha value is -6.56. The molecule has 51 heavy (non-hydrogen) atoms. The molecular weight excluding hydrogens is 643 g/mol. The van der Waals surface area contributed by atoms with E-state index in [1.807, 2.05) is 23.6 Å². The van der Waals surface area contributed by atoms with E-state index < -0.39 is 0 Å². The second-order valence-corrected chi connectivity index (χ2v) is 14.1. The van der Waals surface area contributed by atoms with Gasteiger partial charge in [-0.15, -0.1) is 11.3 Å². The average Bonchev–Trinajstić information content (AvgIpc) is 3.87. The van der Waals surface area contributed by atoms with Crippen LogP contribution in [0.15, 0.2) is 168 Å². The van der Waals surface area contributed by atoms with Crippen molar-refractivity contribution < 1.29 is 4.42 Å². The van der Waals surface area contributed by atoms with E-state index in [-0.39, 0.29) is 0 Å². The van der Waals surface area contributed by atoms with Gasteiger partial charge >= 0.3 is 0 Å². The van der Waals surface area contributed by atoms with Gasteiger partial charge in [-0.2, -0.15) is 0 Å². The zero-order valence-corrected chi connectivity index (χ0v) is 28.1. The number of hydrogen-bond acceptors (Lipinski definition) is 4. The first-order chi connectivity index (χ1) is 25.3. The van der Waals surface area contributed by atoms with Crippen LogP contribution in [0.3, 0.4) is 0 Å². The van der Waals surface area contributed by atoms with Crippen LogP contribution in [0, 0.1) is 0 Å². The number of nitrogens with zero attached hydrogens (tertiary/aromatic N) is 3. The van der Waals surface area contributed by atoms with Crippen molar-refractivity contribution >= 4 is 75.5 Å². The summed E-state index contributed by atoms with van der Waals surface area (Å²) in [4.78, 5) is 9.93. The van der Waals surface area contributed by atoms with E-state index in [1.165, 1.54) is 53.1 Å². The summed E-state index contributed by atoms with van der Waals surface area (Å²) in [6.45, 7) is 0. The number of rotatable bonds is 4. The summed E-state index contributed by atoms with van der Waals surface area (Å²) < 4.78 is 11.2. The predicted octanol–water partition coefficient (Wildman–Crippen LogP) is 12.8. The third-order valence-electron chi connectivity index (χ3n) is 10.1. The topological polar surface area (TPSA) is 43.9 Å². The van der Waals surface area contributed by atoms with E-state index in [2.05, 4.69) is 156 Å².